The molecule has 3 rings (SSSR count). The number of ketones is 1. The summed E-state index contributed by atoms with van der Waals surface area (Å²) in [4.78, 5) is 51.4. The highest BCUT2D eigenvalue weighted by molar-refractivity contribution is 6.04. The molecule has 14 unspecified atom stereocenters. The number of allylic oxidation sites excluding steroid dienone is 8. The molecule has 2 aliphatic heterocycles. The number of amides is 1. The number of hydrogen-bond acceptors (Lipinski definition) is 14. The zero-order chi connectivity index (χ0) is 47.3. The van der Waals surface area contributed by atoms with E-state index < -0.39 is 95.8 Å². The molecular formula is C48H71NO14. The van der Waals surface area contributed by atoms with Crippen LogP contribution < -0.4 is 5.32 Å². The van der Waals surface area contributed by atoms with Crippen molar-refractivity contribution in [2.24, 2.45) is 35.5 Å². The third kappa shape index (κ3) is 14.1. The number of carbonyl (C=O) groups is 4. The van der Waals surface area contributed by atoms with Crippen LogP contribution in [0.2, 0.25) is 0 Å². The summed E-state index contributed by atoms with van der Waals surface area (Å²) in [6.07, 6.45) is 7.80. The Bertz CT molecular complexity index is 1830. The first-order valence-corrected chi connectivity index (χ1v) is 21.9. The van der Waals surface area contributed by atoms with Crippen LogP contribution in [0.4, 0.5) is 0 Å². The summed E-state index contributed by atoms with van der Waals surface area (Å²) in [5.41, 5.74) is 1.32. The van der Waals surface area contributed by atoms with E-state index in [1.807, 2.05) is 33.8 Å². The monoisotopic (exact) mass is 885 g/mol. The van der Waals surface area contributed by atoms with E-state index in [2.05, 4.69) is 5.32 Å². The van der Waals surface area contributed by atoms with Crippen molar-refractivity contribution in [1.82, 2.24) is 5.32 Å². The number of Topliss-reactive ketones (excluding diaryl/α,β-unsaturated/α-hetero) is 1. The molecule has 1 fully saturated rings. The third-order valence-electron chi connectivity index (χ3n) is 12.6. The molecule has 0 spiro atoms. The van der Waals surface area contributed by atoms with Crippen LogP contribution in [0, 0.1) is 35.5 Å². The van der Waals surface area contributed by atoms with Gasteiger partial charge in [-0.15, -0.1) is 0 Å². The van der Waals surface area contributed by atoms with E-state index in [1.165, 1.54) is 20.3 Å². The molecule has 1 aliphatic carbocycles. The van der Waals surface area contributed by atoms with Gasteiger partial charge in [-0.25, -0.2) is 9.59 Å². The molecule has 0 radical (unpaired) electrons. The van der Waals surface area contributed by atoms with Crippen molar-refractivity contribution in [2.75, 3.05) is 14.2 Å². The Morgan fingerprint density at radius 2 is 1.75 bits per heavy atom. The molecule has 6 N–H and O–H groups in total. The summed E-state index contributed by atoms with van der Waals surface area (Å²) in [6.45, 7) is 16.1. The molecule has 0 aromatic carbocycles. The lowest BCUT2D eigenvalue weighted by Crippen LogP contribution is -2.58. The van der Waals surface area contributed by atoms with Crippen LogP contribution in [0.1, 0.15) is 94.4 Å². The average molecular weight is 886 g/mol. The van der Waals surface area contributed by atoms with Crippen LogP contribution in [0.5, 0.6) is 0 Å². The minimum absolute atomic E-state index is 0.0618. The number of ether oxygens (including phenoxy) is 5. The van der Waals surface area contributed by atoms with Crippen LogP contribution in [0.15, 0.2) is 83.0 Å². The molecule has 2 heterocycles. The highest BCUT2D eigenvalue weighted by atomic mass is 16.6. The smallest absolute Gasteiger partial charge is 0.373 e. The lowest BCUT2D eigenvalue weighted by molar-refractivity contribution is -0.314. The van der Waals surface area contributed by atoms with E-state index >= 15 is 0 Å². The molecule has 15 nitrogen and oxygen atoms in total. The maximum Gasteiger partial charge on any atom is 0.373 e. The third-order valence-corrected chi connectivity index (χ3v) is 12.6. The molecule has 63 heavy (non-hydrogen) atoms. The zero-order valence-corrected chi connectivity index (χ0v) is 38.6. The van der Waals surface area contributed by atoms with Gasteiger partial charge >= 0.3 is 11.9 Å². The standard InChI is InChI=1S/C48H71NO14/c1-12-15-36-30(7)39(61-41(53)21-20-40(52)49-42-34(50)18-19-35(42)51)25-48(58,63-36)32(9)45(56)31(8)46-37(59-10)17-14-16-26(3)22-28(5)43(54)33(13-2)44(55)29(6)23-27(4)24-38(60-11)47(57)62-46/h12,14-17,20-21,23-24,28-33,36-37,39,43-46,50,54-56,58H,13,18-19,22,25H2,1-11H3,(H,49,52)/b15-12+,17-14+,21-20+,26-16+,27-23+,38-24-. The minimum Gasteiger partial charge on any atom is -0.510 e. The second-order valence-corrected chi connectivity index (χ2v) is 17.4. The van der Waals surface area contributed by atoms with Crippen molar-refractivity contribution in [1.29, 1.82) is 0 Å². The second-order valence-electron chi connectivity index (χ2n) is 17.4. The highest BCUT2D eigenvalue weighted by Crippen LogP contribution is 2.41. The summed E-state index contributed by atoms with van der Waals surface area (Å²) in [5, 5.41) is 59.2. The molecule has 0 saturated carbocycles. The van der Waals surface area contributed by atoms with Gasteiger partial charge in [-0.1, -0.05) is 89.1 Å². The summed E-state index contributed by atoms with van der Waals surface area (Å²) < 4.78 is 29.5. The van der Waals surface area contributed by atoms with Crippen molar-refractivity contribution in [3.05, 3.63) is 83.0 Å². The van der Waals surface area contributed by atoms with Crippen LogP contribution >= 0.6 is 0 Å². The zero-order valence-electron chi connectivity index (χ0n) is 38.6. The molecule has 0 bridgehead atoms. The number of cyclic esters (lactones) is 1. The van der Waals surface area contributed by atoms with Gasteiger partial charge in [0.2, 0.25) is 11.7 Å². The molecule has 15 heteroatoms. The molecule has 0 aromatic rings. The Morgan fingerprint density at radius 3 is 2.33 bits per heavy atom. The van der Waals surface area contributed by atoms with E-state index in [1.54, 1.807) is 65.0 Å². The van der Waals surface area contributed by atoms with Gasteiger partial charge < -0.3 is 54.5 Å². The fraction of sp³-hybridized carbons (Fsp3) is 0.625. The quantitative estimate of drug-likeness (QED) is 0.0825. The number of esters is 2. The summed E-state index contributed by atoms with van der Waals surface area (Å²) in [6, 6.07) is 0. The van der Waals surface area contributed by atoms with Crippen LogP contribution in [-0.4, -0.2) is 112 Å². The Morgan fingerprint density at radius 1 is 1.06 bits per heavy atom. The number of hydrogen-bond donors (Lipinski definition) is 6. The normalized spacial score (nSPS) is 36.4. The molecular weight excluding hydrogens is 815 g/mol. The average Bonchev–Trinajstić information content (AvgIpc) is 3.55. The van der Waals surface area contributed by atoms with Crippen LogP contribution in [0.25, 0.3) is 0 Å². The number of aliphatic hydroxyl groups is 5. The van der Waals surface area contributed by atoms with Gasteiger partial charge in [0, 0.05) is 68.1 Å². The van der Waals surface area contributed by atoms with Gasteiger partial charge in [-0.05, 0) is 45.6 Å². The van der Waals surface area contributed by atoms with Gasteiger partial charge in [0.1, 0.15) is 29.8 Å². The fourth-order valence-corrected chi connectivity index (χ4v) is 8.59. The molecule has 0 aromatic heterocycles. The Balaban J connectivity index is 1.97. The summed E-state index contributed by atoms with van der Waals surface area (Å²) >= 11 is 0. The molecule has 1 saturated heterocycles. The Kier molecular flexibility index (Phi) is 20.2. The van der Waals surface area contributed by atoms with Crippen molar-refractivity contribution < 1.29 is 68.4 Å². The van der Waals surface area contributed by atoms with Gasteiger partial charge in [-0.3, -0.25) is 9.59 Å². The SMILES string of the molecule is C/C=C/C1OC(O)(C(C)C(O)C(C)C2OC(=O)/C(OC)=C/C(C)=C/C(C)C(O)C(CC)C(O)C(C)C/C(C)=C/C=C/C2OC)CC(OC(=O)/C=C/C(=O)NC2=C(O)CCC2=O)C1C. The first kappa shape index (κ1) is 53.0. The van der Waals surface area contributed by atoms with E-state index in [0.29, 0.717) is 18.4 Å². The summed E-state index contributed by atoms with van der Waals surface area (Å²) in [5.74, 6) is -8.99. The van der Waals surface area contributed by atoms with Crippen molar-refractivity contribution in [3.8, 4) is 0 Å². The van der Waals surface area contributed by atoms with E-state index in [4.69, 9.17) is 23.7 Å². The number of aliphatic hydroxyl groups excluding tert-OH is 4. The largest absolute Gasteiger partial charge is 0.510 e. The molecule has 3 aliphatic rings. The molecule has 1 amide bonds. The lowest BCUT2D eigenvalue weighted by atomic mass is 9.77. The van der Waals surface area contributed by atoms with Crippen LogP contribution in [0.3, 0.4) is 0 Å². The van der Waals surface area contributed by atoms with Gasteiger partial charge in [0.15, 0.2) is 11.6 Å². The van der Waals surface area contributed by atoms with E-state index in [0.717, 1.165) is 17.7 Å². The number of rotatable bonds is 12. The van der Waals surface area contributed by atoms with E-state index in [-0.39, 0.29) is 48.3 Å². The van der Waals surface area contributed by atoms with Gasteiger partial charge in [0.25, 0.3) is 0 Å². The second kappa shape index (κ2) is 24.1. The first-order chi connectivity index (χ1) is 29.6. The van der Waals surface area contributed by atoms with Crippen molar-refractivity contribution in [3.63, 3.8) is 0 Å². The Labute approximate surface area is 372 Å². The predicted molar refractivity (Wildman–Crippen MR) is 235 cm³/mol. The topological polar surface area (TPSA) is 228 Å². The first-order valence-electron chi connectivity index (χ1n) is 21.9. The number of carbonyl (C=O) groups excluding carboxylic acids is 4. The lowest BCUT2D eigenvalue weighted by Gasteiger charge is -2.48. The summed E-state index contributed by atoms with van der Waals surface area (Å²) in [7, 11) is 2.75. The van der Waals surface area contributed by atoms with Gasteiger partial charge in [0.05, 0.1) is 31.5 Å². The maximum atomic E-state index is 13.9. The number of methoxy groups -OCH3 is 2. The maximum absolute atomic E-state index is 13.9. The van der Waals surface area contributed by atoms with Crippen molar-refractivity contribution >= 4 is 23.6 Å². The predicted octanol–water partition coefficient (Wildman–Crippen LogP) is 5.36. The molecule has 14 atom stereocenters. The van der Waals surface area contributed by atoms with Gasteiger partial charge in [-0.2, -0.15) is 0 Å². The minimum atomic E-state index is -2.10. The highest BCUT2D eigenvalue weighted by Gasteiger charge is 2.52. The Hall–Kier alpha value is -4.38. The number of nitrogens with one attached hydrogen (secondary N) is 1. The van der Waals surface area contributed by atoms with E-state index in [9.17, 15) is 44.7 Å². The van der Waals surface area contributed by atoms with Crippen LogP contribution in [-0.2, 0) is 42.9 Å². The van der Waals surface area contributed by atoms with Crippen molar-refractivity contribution in [2.45, 2.75) is 143 Å². The molecule has 352 valence electrons. The fourth-order valence-electron chi connectivity index (χ4n) is 8.59.